The van der Waals surface area contributed by atoms with Crippen LogP contribution >= 0.6 is 8.30 Å². The fourth-order valence-electron chi connectivity index (χ4n) is 1.81. The molecule has 1 aromatic carbocycles. The molecule has 1 unspecified atom stereocenters. The van der Waals surface area contributed by atoms with Crippen molar-refractivity contribution in [2.75, 3.05) is 19.3 Å². The number of carbonyl (C=O) groups is 1. The average molecular weight is 267 g/mol. The molecule has 1 aromatic rings. The lowest BCUT2D eigenvalue weighted by atomic mass is 10.1. The molecule has 0 amide bonds. The zero-order valence-corrected chi connectivity index (χ0v) is 12.5. The molecule has 18 heavy (non-hydrogen) atoms. The van der Waals surface area contributed by atoms with Crippen molar-refractivity contribution in [3.8, 4) is 5.75 Å². The number of carbonyl (C=O) groups excluding carboxylic acids is 1. The molecule has 0 heterocycles. The normalized spacial score (nSPS) is 12.5. The molecule has 0 saturated carbocycles. The summed E-state index contributed by atoms with van der Waals surface area (Å²) < 4.78 is 8.38. The zero-order chi connectivity index (χ0) is 13.5. The van der Waals surface area contributed by atoms with Crippen LogP contribution in [-0.4, -0.2) is 29.7 Å². The van der Waals surface area contributed by atoms with E-state index < -0.39 is 8.30 Å². The van der Waals surface area contributed by atoms with Gasteiger partial charge in [-0.05, 0) is 19.1 Å². The van der Waals surface area contributed by atoms with Gasteiger partial charge in [0.2, 0.25) is 0 Å². The highest BCUT2D eigenvalue weighted by molar-refractivity contribution is 7.50. The van der Waals surface area contributed by atoms with Crippen molar-refractivity contribution in [3.05, 3.63) is 29.8 Å². The molecule has 3 nitrogen and oxygen atoms in total. The Labute approximate surface area is 111 Å². The lowest BCUT2D eigenvalue weighted by Gasteiger charge is -2.28. The Morgan fingerprint density at radius 1 is 1.22 bits per heavy atom. The molecule has 0 aromatic heterocycles. The highest BCUT2D eigenvalue weighted by Gasteiger charge is 2.18. The van der Waals surface area contributed by atoms with Gasteiger partial charge >= 0.3 is 0 Å². The average Bonchev–Trinajstić information content (AvgIpc) is 2.39. The monoisotopic (exact) mass is 267 g/mol. The van der Waals surface area contributed by atoms with E-state index in [0.29, 0.717) is 11.3 Å². The van der Waals surface area contributed by atoms with Crippen LogP contribution in [-0.2, 0) is 0 Å². The van der Waals surface area contributed by atoms with Gasteiger partial charge < -0.3 is 4.52 Å². The van der Waals surface area contributed by atoms with Crippen LogP contribution in [0.5, 0.6) is 5.75 Å². The van der Waals surface area contributed by atoms with Crippen LogP contribution in [0.4, 0.5) is 0 Å². The van der Waals surface area contributed by atoms with Crippen LogP contribution in [0.25, 0.3) is 0 Å². The largest absolute Gasteiger partial charge is 0.457 e. The fraction of sp³-hybridized carbons (Fsp3) is 0.500. The second kappa shape index (κ2) is 7.50. The van der Waals surface area contributed by atoms with E-state index in [9.17, 15) is 4.79 Å². The molecule has 0 saturated heterocycles. The van der Waals surface area contributed by atoms with E-state index in [1.54, 1.807) is 6.92 Å². The summed E-state index contributed by atoms with van der Waals surface area (Å²) in [6, 6.07) is 7.48. The maximum Gasteiger partial charge on any atom is 0.163 e. The minimum atomic E-state index is -0.658. The summed E-state index contributed by atoms with van der Waals surface area (Å²) in [5.41, 5.74) is 0.672. The van der Waals surface area contributed by atoms with Gasteiger partial charge in [-0.25, -0.2) is 0 Å². The molecule has 0 aliphatic rings. The van der Waals surface area contributed by atoms with Crippen LogP contribution in [0, 0.1) is 0 Å². The van der Waals surface area contributed by atoms with Crippen molar-refractivity contribution in [3.63, 3.8) is 0 Å². The summed E-state index contributed by atoms with van der Waals surface area (Å²) in [4.78, 5) is 11.6. The molecule has 0 aliphatic carbocycles. The standard InChI is InChI=1S/C14H22NO2P/c1-5-15(6-2)18(7-3)17-14-11-9-8-10-13(14)12(4)16/h8-11H,5-7H2,1-4H3. The number of para-hydroxylation sites is 1. The summed E-state index contributed by atoms with van der Waals surface area (Å²) >= 11 is 0. The van der Waals surface area contributed by atoms with Crippen LogP contribution in [0.15, 0.2) is 24.3 Å². The number of benzene rings is 1. The highest BCUT2D eigenvalue weighted by atomic mass is 31.2. The first kappa shape index (κ1) is 15.1. The number of hydrogen-bond donors (Lipinski definition) is 0. The predicted octanol–water partition coefficient (Wildman–Crippen LogP) is 3.94. The minimum absolute atomic E-state index is 0.0520. The SMILES string of the molecule is CCN(CC)P(CC)Oc1ccccc1C(C)=O. The number of rotatable bonds is 7. The van der Waals surface area contributed by atoms with E-state index in [-0.39, 0.29) is 5.78 Å². The van der Waals surface area contributed by atoms with Crippen LogP contribution in [0.1, 0.15) is 38.1 Å². The summed E-state index contributed by atoms with van der Waals surface area (Å²) in [7, 11) is -0.658. The molecule has 1 atom stereocenters. The van der Waals surface area contributed by atoms with Crippen molar-refractivity contribution in [2.45, 2.75) is 27.7 Å². The first-order chi connectivity index (χ1) is 8.63. The third-order valence-electron chi connectivity index (χ3n) is 2.79. The van der Waals surface area contributed by atoms with E-state index in [1.165, 1.54) is 0 Å². The Kier molecular flexibility index (Phi) is 6.31. The molecular weight excluding hydrogens is 245 g/mol. The van der Waals surface area contributed by atoms with E-state index in [0.717, 1.165) is 19.3 Å². The number of hydrogen-bond acceptors (Lipinski definition) is 3. The summed E-state index contributed by atoms with van der Waals surface area (Å²) in [6.07, 6.45) is 0.962. The van der Waals surface area contributed by atoms with Crippen LogP contribution in [0.2, 0.25) is 0 Å². The smallest absolute Gasteiger partial charge is 0.163 e. The minimum Gasteiger partial charge on any atom is -0.457 e. The maximum absolute atomic E-state index is 11.6. The van der Waals surface area contributed by atoms with Crippen molar-refractivity contribution in [1.29, 1.82) is 0 Å². The first-order valence-corrected chi connectivity index (χ1v) is 7.84. The number of ketones is 1. The maximum atomic E-state index is 11.6. The number of nitrogens with zero attached hydrogens (tertiary/aromatic N) is 1. The fourth-order valence-corrected chi connectivity index (χ4v) is 3.47. The zero-order valence-electron chi connectivity index (χ0n) is 11.6. The van der Waals surface area contributed by atoms with Crippen molar-refractivity contribution < 1.29 is 9.32 Å². The molecular formula is C14H22NO2P. The van der Waals surface area contributed by atoms with Crippen LogP contribution < -0.4 is 4.52 Å². The van der Waals surface area contributed by atoms with Crippen molar-refractivity contribution in [2.24, 2.45) is 0 Å². The molecule has 100 valence electrons. The van der Waals surface area contributed by atoms with E-state index in [1.807, 2.05) is 24.3 Å². The Balaban J connectivity index is 2.91. The lowest BCUT2D eigenvalue weighted by molar-refractivity contribution is 0.101. The molecule has 4 heteroatoms. The molecule has 0 fully saturated rings. The lowest BCUT2D eigenvalue weighted by Crippen LogP contribution is -2.20. The Morgan fingerprint density at radius 2 is 1.83 bits per heavy atom. The first-order valence-electron chi connectivity index (χ1n) is 6.44. The summed E-state index contributed by atoms with van der Waals surface area (Å²) in [5, 5.41) is 0. The van der Waals surface area contributed by atoms with Gasteiger partial charge in [0.05, 0.1) is 5.56 Å². The van der Waals surface area contributed by atoms with Gasteiger partial charge in [0.1, 0.15) is 5.75 Å². The summed E-state index contributed by atoms with van der Waals surface area (Å²) in [6.45, 7) is 9.91. The Bertz CT molecular complexity index is 391. The van der Waals surface area contributed by atoms with Gasteiger partial charge in [0, 0.05) is 19.3 Å². The molecule has 0 bridgehead atoms. The second-order valence-corrected chi connectivity index (χ2v) is 6.04. The van der Waals surface area contributed by atoms with Gasteiger partial charge in [-0.15, -0.1) is 0 Å². The second-order valence-electron chi connectivity index (χ2n) is 3.95. The van der Waals surface area contributed by atoms with E-state index in [4.69, 9.17) is 4.52 Å². The van der Waals surface area contributed by atoms with Gasteiger partial charge in [-0.2, -0.15) is 0 Å². The molecule has 0 radical (unpaired) electrons. The van der Waals surface area contributed by atoms with Gasteiger partial charge in [-0.1, -0.05) is 32.9 Å². The van der Waals surface area contributed by atoms with Crippen molar-refractivity contribution in [1.82, 2.24) is 4.67 Å². The van der Waals surface area contributed by atoms with E-state index in [2.05, 4.69) is 25.4 Å². The van der Waals surface area contributed by atoms with Gasteiger partial charge in [0.15, 0.2) is 14.1 Å². The summed E-state index contributed by atoms with van der Waals surface area (Å²) in [5.74, 6) is 0.765. The third kappa shape index (κ3) is 3.79. The highest BCUT2D eigenvalue weighted by Crippen LogP contribution is 2.42. The molecule has 0 spiro atoms. The van der Waals surface area contributed by atoms with Gasteiger partial charge in [-0.3, -0.25) is 9.46 Å². The van der Waals surface area contributed by atoms with Crippen LogP contribution in [0.3, 0.4) is 0 Å². The predicted molar refractivity (Wildman–Crippen MR) is 77.5 cm³/mol. The number of Topliss-reactive ketones (excluding diaryl/α,β-unsaturated/α-hetero) is 1. The Hall–Kier alpha value is -0.920. The molecule has 1 rings (SSSR count). The molecule has 0 aliphatic heterocycles. The Morgan fingerprint density at radius 3 is 2.33 bits per heavy atom. The van der Waals surface area contributed by atoms with Gasteiger partial charge in [0.25, 0.3) is 0 Å². The quantitative estimate of drug-likeness (QED) is 0.553. The van der Waals surface area contributed by atoms with Crippen molar-refractivity contribution >= 4 is 14.1 Å². The molecule has 0 N–H and O–H groups in total. The van der Waals surface area contributed by atoms with E-state index >= 15 is 0 Å². The topological polar surface area (TPSA) is 29.5 Å². The third-order valence-corrected chi connectivity index (χ3v) is 4.93.